The summed E-state index contributed by atoms with van der Waals surface area (Å²) in [6.07, 6.45) is 0. The van der Waals surface area contributed by atoms with E-state index in [-0.39, 0.29) is 0 Å². The van der Waals surface area contributed by atoms with Gasteiger partial charge in [0.1, 0.15) is 0 Å². The minimum atomic E-state index is 0.547. The third-order valence-corrected chi connectivity index (χ3v) is 3.92. The highest BCUT2D eigenvalue weighted by Crippen LogP contribution is 2.24. The van der Waals surface area contributed by atoms with Crippen molar-refractivity contribution >= 4 is 22.4 Å². The Balaban J connectivity index is 1.75. The van der Waals surface area contributed by atoms with Gasteiger partial charge in [0.15, 0.2) is 5.82 Å². The molecular formula is C17H17N3S. The van der Waals surface area contributed by atoms with Crippen molar-refractivity contribution in [3.05, 3.63) is 60.2 Å². The topological polar surface area (TPSA) is 37.8 Å². The van der Waals surface area contributed by atoms with Crippen molar-refractivity contribution < 1.29 is 0 Å². The normalized spacial score (nSPS) is 10.8. The zero-order chi connectivity index (χ0) is 14.7. The maximum atomic E-state index is 4.53. The molecule has 106 valence electrons. The summed E-state index contributed by atoms with van der Waals surface area (Å²) < 4.78 is 4.40. The molecule has 0 atom stereocenters. The third kappa shape index (κ3) is 3.28. The van der Waals surface area contributed by atoms with Gasteiger partial charge >= 0.3 is 0 Å². The molecule has 0 unspecified atom stereocenters. The summed E-state index contributed by atoms with van der Waals surface area (Å²) in [5, 5.41) is 4.12. The minimum absolute atomic E-state index is 0.547. The second kappa shape index (κ2) is 6.06. The van der Waals surface area contributed by atoms with E-state index in [0.717, 1.165) is 22.2 Å². The lowest BCUT2D eigenvalue weighted by molar-refractivity contribution is 0.867. The van der Waals surface area contributed by atoms with E-state index in [2.05, 4.69) is 52.8 Å². The molecule has 2 aromatic carbocycles. The van der Waals surface area contributed by atoms with Crippen LogP contribution in [0.2, 0.25) is 0 Å². The van der Waals surface area contributed by atoms with Crippen molar-refractivity contribution in [2.75, 3.05) is 5.32 Å². The van der Waals surface area contributed by atoms with Gasteiger partial charge in [0.2, 0.25) is 5.13 Å². The van der Waals surface area contributed by atoms with E-state index in [1.54, 1.807) is 0 Å². The van der Waals surface area contributed by atoms with Crippen LogP contribution >= 0.6 is 11.5 Å². The fourth-order valence-corrected chi connectivity index (χ4v) is 2.66. The Bertz CT molecular complexity index is 702. The lowest BCUT2D eigenvalue weighted by Crippen LogP contribution is -1.91. The fraction of sp³-hybridized carbons (Fsp3) is 0.176. The van der Waals surface area contributed by atoms with Crippen molar-refractivity contribution in [1.29, 1.82) is 0 Å². The molecule has 1 heterocycles. The summed E-state index contributed by atoms with van der Waals surface area (Å²) in [4.78, 5) is 4.53. The molecule has 0 aliphatic carbocycles. The Kier molecular flexibility index (Phi) is 3.97. The van der Waals surface area contributed by atoms with Crippen LogP contribution in [-0.2, 0) is 0 Å². The van der Waals surface area contributed by atoms with Gasteiger partial charge in [-0.1, -0.05) is 56.3 Å². The predicted molar refractivity (Wildman–Crippen MR) is 89.2 cm³/mol. The summed E-state index contributed by atoms with van der Waals surface area (Å²) in [5.74, 6) is 1.31. The van der Waals surface area contributed by atoms with Crippen LogP contribution < -0.4 is 5.32 Å². The molecule has 3 nitrogen and oxygen atoms in total. The van der Waals surface area contributed by atoms with Gasteiger partial charge < -0.3 is 5.32 Å². The van der Waals surface area contributed by atoms with Gasteiger partial charge in [-0.3, -0.25) is 0 Å². The molecule has 0 saturated heterocycles. The lowest BCUT2D eigenvalue weighted by atomic mass is 10.0. The van der Waals surface area contributed by atoms with Gasteiger partial charge in [0, 0.05) is 22.8 Å². The van der Waals surface area contributed by atoms with Crippen molar-refractivity contribution in [2.24, 2.45) is 0 Å². The van der Waals surface area contributed by atoms with Crippen LogP contribution in [0.15, 0.2) is 54.6 Å². The van der Waals surface area contributed by atoms with Crippen molar-refractivity contribution in [3.63, 3.8) is 0 Å². The quantitative estimate of drug-likeness (QED) is 0.730. The summed E-state index contributed by atoms with van der Waals surface area (Å²) in [6.45, 7) is 4.39. The number of hydrogen-bond donors (Lipinski definition) is 1. The number of nitrogens with one attached hydrogen (secondary N) is 1. The monoisotopic (exact) mass is 295 g/mol. The van der Waals surface area contributed by atoms with Crippen molar-refractivity contribution in [3.8, 4) is 11.4 Å². The molecule has 3 rings (SSSR count). The minimum Gasteiger partial charge on any atom is -0.330 e. The first-order valence-corrected chi connectivity index (χ1v) is 7.76. The Hall–Kier alpha value is -2.20. The van der Waals surface area contributed by atoms with Crippen LogP contribution in [0.3, 0.4) is 0 Å². The standard InChI is InChI=1S/C17H17N3S/c1-12(2)13-8-10-15(11-9-13)18-17-19-16(20-21-17)14-6-4-3-5-7-14/h3-12H,1-2H3,(H,18,19,20). The van der Waals surface area contributed by atoms with Gasteiger partial charge in [-0.15, -0.1) is 0 Å². The zero-order valence-electron chi connectivity index (χ0n) is 12.1. The number of aromatic nitrogens is 2. The second-order valence-corrected chi connectivity index (χ2v) is 5.94. The maximum Gasteiger partial charge on any atom is 0.207 e. The molecule has 0 saturated carbocycles. The van der Waals surface area contributed by atoms with Crippen LogP contribution in [-0.4, -0.2) is 9.36 Å². The number of rotatable bonds is 4. The first-order valence-electron chi connectivity index (χ1n) is 6.98. The molecule has 3 aromatic rings. The first-order chi connectivity index (χ1) is 10.2. The molecule has 1 aromatic heterocycles. The van der Waals surface area contributed by atoms with Crippen molar-refractivity contribution in [2.45, 2.75) is 19.8 Å². The summed E-state index contributed by atoms with van der Waals surface area (Å²) >= 11 is 1.38. The van der Waals surface area contributed by atoms with E-state index < -0.39 is 0 Å². The molecule has 21 heavy (non-hydrogen) atoms. The van der Waals surface area contributed by atoms with Crippen LogP contribution in [0.4, 0.5) is 10.8 Å². The summed E-state index contributed by atoms with van der Waals surface area (Å²) in [7, 11) is 0. The average Bonchev–Trinajstić information content (AvgIpc) is 2.97. The highest BCUT2D eigenvalue weighted by atomic mass is 32.1. The molecule has 0 bridgehead atoms. The van der Waals surface area contributed by atoms with Crippen LogP contribution in [0.5, 0.6) is 0 Å². The first kappa shape index (κ1) is 13.8. The zero-order valence-corrected chi connectivity index (χ0v) is 12.9. The SMILES string of the molecule is CC(C)c1ccc(Nc2nc(-c3ccccc3)ns2)cc1. The number of anilines is 2. The van der Waals surface area contributed by atoms with Gasteiger partial charge in [-0.25, -0.2) is 0 Å². The molecule has 0 aliphatic heterocycles. The Morgan fingerprint density at radius 1 is 0.952 bits per heavy atom. The predicted octanol–water partition coefficient (Wildman–Crippen LogP) is 5.07. The van der Waals surface area contributed by atoms with Crippen molar-refractivity contribution in [1.82, 2.24) is 9.36 Å². The molecule has 0 aliphatic rings. The van der Waals surface area contributed by atoms with E-state index in [1.165, 1.54) is 17.1 Å². The highest BCUT2D eigenvalue weighted by Gasteiger charge is 2.06. The number of hydrogen-bond acceptors (Lipinski definition) is 4. The number of benzene rings is 2. The van der Waals surface area contributed by atoms with Crippen LogP contribution in [0.25, 0.3) is 11.4 Å². The molecular weight excluding hydrogens is 278 g/mol. The van der Waals surface area contributed by atoms with Gasteiger partial charge in [0.05, 0.1) is 0 Å². The van der Waals surface area contributed by atoms with Gasteiger partial charge in [-0.2, -0.15) is 9.36 Å². The van der Waals surface area contributed by atoms with E-state index in [0.29, 0.717) is 5.92 Å². The molecule has 0 fully saturated rings. The summed E-state index contributed by atoms with van der Waals surface area (Å²) in [6, 6.07) is 18.5. The smallest absolute Gasteiger partial charge is 0.207 e. The highest BCUT2D eigenvalue weighted by molar-refractivity contribution is 7.09. The van der Waals surface area contributed by atoms with E-state index in [9.17, 15) is 0 Å². The molecule has 4 heteroatoms. The van der Waals surface area contributed by atoms with Gasteiger partial charge in [-0.05, 0) is 23.6 Å². The average molecular weight is 295 g/mol. The van der Waals surface area contributed by atoms with Crippen LogP contribution in [0, 0.1) is 0 Å². The van der Waals surface area contributed by atoms with Crippen LogP contribution in [0.1, 0.15) is 25.3 Å². The lowest BCUT2D eigenvalue weighted by Gasteiger charge is -2.06. The van der Waals surface area contributed by atoms with Gasteiger partial charge in [0.25, 0.3) is 0 Å². The Morgan fingerprint density at radius 2 is 1.67 bits per heavy atom. The molecule has 1 N–H and O–H groups in total. The fourth-order valence-electron chi connectivity index (χ4n) is 2.05. The third-order valence-electron chi connectivity index (χ3n) is 3.29. The molecule has 0 spiro atoms. The molecule has 0 amide bonds. The van der Waals surface area contributed by atoms with E-state index >= 15 is 0 Å². The van der Waals surface area contributed by atoms with E-state index in [1.807, 2.05) is 30.3 Å². The number of nitrogens with zero attached hydrogens (tertiary/aromatic N) is 2. The second-order valence-electron chi connectivity index (χ2n) is 5.19. The van der Waals surface area contributed by atoms with E-state index in [4.69, 9.17) is 0 Å². The summed E-state index contributed by atoms with van der Waals surface area (Å²) in [5.41, 5.74) is 3.41. The Labute approximate surface area is 128 Å². The maximum absolute atomic E-state index is 4.53. The Morgan fingerprint density at radius 3 is 2.33 bits per heavy atom. The largest absolute Gasteiger partial charge is 0.330 e. The molecule has 0 radical (unpaired) electrons.